The summed E-state index contributed by atoms with van der Waals surface area (Å²) in [5.41, 5.74) is 1.19. The fourth-order valence-corrected chi connectivity index (χ4v) is 2.84. The van der Waals surface area contributed by atoms with E-state index >= 15 is 0 Å². The molecule has 0 radical (unpaired) electrons. The van der Waals surface area contributed by atoms with Crippen molar-refractivity contribution in [2.24, 2.45) is 17.3 Å². The zero-order valence-corrected chi connectivity index (χ0v) is 16.8. The van der Waals surface area contributed by atoms with E-state index in [1.807, 2.05) is 37.3 Å². The lowest BCUT2D eigenvalue weighted by Gasteiger charge is -2.33. The van der Waals surface area contributed by atoms with Crippen molar-refractivity contribution in [3.05, 3.63) is 42.5 Å². The molecule has 1 rings (SSSR count). The Labute approximate surface area is 154 Å². The lowest BCUT2D eigenvalue weighted by molar-refractivity contribution is -0.0446. The summed E-state index contributed by atoms with van der Waals surface area (Å²) in [6, 6.07) is 8.00. The first-order valence-corrected chi connectivity index (χ1v) is 9.22. The zero-order valence-electron chi connectivity index (χ0n) is 16.8. The normalized spacial score (nSPS) is 16.8. The molecule has 25 heavy (non-hydrogen) atoms. The minimum atomic E-state index is -0.338. The van der Waals surface area contributed by atoms with Gasteiger partial charge in [-0.3, -0.25) is 0 Å². The molecule has 0 heterocycles. The molecule has 0 unspecified atom stereocenters. The van der Waals surface area contributed by atoms with Gasteiger partial charge in [0.15, 0.2) is 0 Å². The molecular formula is C22H36O3. The maximum Gasteiger partial charge on any atom is 0.118 e. The van der Waals surface area contributed by atoms with Crippen molar-refractivity contribution < 1.29 is 14.6 Å². The number of hydrogen-bond acceptors (Lipinski definition) is 3. The third kappa shape index (κ3) is 7.62. The van der Waals surface area contributed by atoms with E-state index in [0.29, 0.717) is 12.5 Å². The highest BCUT2D eigenvalue weighted by Crippen LogP contribution is 2.30. The SMILES string of the molecule is C=C[C@@H](C)[C@@H](O)C[C@H](C)C[C@H](OCc1ccc(OC)cc1)C(C)(C)C. The predicted octanol–water partition coefficient (Wildman–Crippen LogP) is 5.23. The minimum absolute atomic E-state index is 0.0513. The van der Waals surface area contributed by atoms with Crippen molar-refractivity contribution >= 4 is 0 Å². The molecular weight excluding hydrogens is 312 g/mol. The second-order valence-corrected chi connectivity index (χ2v) is 8.25. The van der Waals surface area contributed by atoms with Crippen molar-refractivity contribution in [1.82, 2.24) is 0 Å². The van der Waals surface area contributed by atoms with Crippen molar-refractivity contribution in [2.75, 3.05) is 7.11 Å². The van der Waals surface area contributed by atoms with Gasteiger partial charge in [-0.1, -0.05) is 52.8 Å². The van der Waals surface area contributed by atoms with Gasteiger partial charge in [-0.25, -0.2) is 0 Å². The van der Waals surface area contributed by atoms with E-state index in [1.54, 1.807) is 7.11 Å². The van der Waals surface area contributed by atoms with Gasteiger partial charge < -0.3 is 14.6 Å². The minimum Gasteiger partial charge on any atom is -0.497 e. The summed E-state index contributed by atoms with van der Waals surface area (Å²) in [6.07, 6.45) is 3.32. The molecule has 0 spiro atoms. The lowest BCUT2D eigenvalue weighted by atomic mass is 9.81. The summed E-state index contributed by atoms with van der Waals surface area (Å²) in [5.74, 6) is 1.36. The Morgan fingerprint density at radius 1 is 1.12 bits per heavy atom. The maximum atomic E-state index is 10.2. The second kappa shape index (κ2) is 9.98. The van der Waals surface area contributed by atoms with Gasteiger partial charge >= 0.3 is 0 Å². The number of hydrogen-bond donors (Lipinski definition) is 1. The number of ether oxygens (including phenoxy) is 2. The number of methoxy groups -OCH3 is 1. The van der Waals surface area contributed by atoms with Crippen LogP contribution in [0.3, 0.4) is 0 Å². The van der Waals surface area contributed by atoms with Crippen LogP contribution in [0.25, 0.3) is 0 Å². The monoisotopic (exact) mass is 348 g/mol. The van der Waals surface area contributed by atoms with Gasteiger partial charge in [0.25, 0.3) is 0 Å². The molecule has 0 saturated heterocycles. The van der Waals surface area contributed by atoms with Crippen molar-refractivity contribution in [1.29, 1.82) is 0 Å². The molecule has 3 nitrogen and oxygen atoms in total. The summed E-state index contributed by atoms with van der Waals surface area (Å²) in [7, 11) is 1.67. The molecule has 0 saturated carbocycles. The molecule has 0 amide bonds. The van der Waals surface area contributed by atoms with Crippen LogP contribution in [0, 0.1) is 17.3 Å². The van der Waals surface area contributed by atoms with Crippen LogP contribution in [0.2, 0.25) is 0 Å². The molecule has 0 aliphatic rings. The van der Waals surface area contributed by atoms with Crippen LogP contribution in [0.1, 0.15) is 53.0 Å². The first-order valence-electron chi connectivity index (χ1n) is 9.22. The summed E-state index contributed by atoms with van der Waals surface area (Å²) in [6.45, 7) is 15.2. The van der Waals surface area contributed by atoms with E-state index < -0.39 is 0 Å². The molecule has 0 bridgehead atoms. The Morgan fingerprint density at radius 3 is 2.20 bits per heavy atom. The molecule has 1 aromatic carbocycles. The molecule has 3 heteroatoms. The first kappa shape index (κ1) is 21.7. The van der Waals surface area contributed by atoms with Gasteiger partial charge in [-0.2, -0.15) is 0 Å². The Bertz CT molecular complexity index is 501. The molecule has 0 aromatic heterocycles. The Hall–Kier alpha value is -1.32. The highest BCUT2D eigenvalue weighted by Gasteiger charge is 2.28. The van der Waals surface area contributed by atoms with Crippen LogP contribution in [-0.2, 0) is 11.3 Å². The highest BCUT2D eigenvalue weighted by atomic mass is 16.5. The van der Waals surface area contributed by atoms with Gasteiger partial charge in [-0.05, 0) is 47.8 Å². The lowest BCUT2D eigenvalue weighted by Crippen LogP contribution is -2.32. The zero-order chi connectivity index (χ0) is 19.0. The van der Waals surface area contributed by atoms with Gasteiger partial charge in [-0.15, -0.1) is 6.58 Å². The summed E-state index contributed by atoms with van der Waals surface area (Å²) in [4.78, 5) is 0. The topological polar surface area (TPSA) is 38.7 Å². The van der Waals surface area contributed by atoms with E-state index in [4.69, 9.17) is 9.47 Å². The van der Waals surface area contributed by atoms with Gasteiger partial charge in [0, 0.05) is 0 Å². The third-order valence-electron chi connectivity index (χ3n) is 4.82. The van der Waals surface area contributed by atoms with Crippen LogP contribution in [-0.4, -0.2) is 24.4 Å². The smallest absolute Gasteiger partial charge is 0.118 e. The first-order chi connectivity index (χ1) is 11.7. The molecule has 0 aliphatic carbocycles. The van der Waals surface area contributed by atoms with Crippen molar-refractivity contribution in [3.8, 4) is 5.75 Å². The van der Waals surface area contributed by atoms with Gasteiger partial charge in [0.1, 0.15) is 5.75 Å². The standard InChI is InChI=1S/C22H36O3/c1-8-17(3)20(23)13-16(2)14-21(22(4,5)6)25-15-18-9-11-19(24-7)12-10-18/h8-12,16-17,20-21,23H,1,13-15H2,2-7H3/t16-,17+,20-,21-/m0/s1. The maximum absolute atomic E-state index is 10.2. The third-order valence-corrected chi connectivity index (χ3v) is 4.82. The predicted molar refractivity (Wildman–Crippen MR) is 105 cm³/mol. The Balaban J connectivity index is 2.63. The molecule has 142 valence electrons. The largest absolute Gasteiger partial charge is 0.497 e. The second-order valence-electron chi connectivity index (χ2n) is 8.25. The number of aliphatic hydroxyl groups is 1. The molecule has 1 aromatic rings. The van der Waals surface area contributed by atoms with Crippen molar-refractivity contribution in [3.63, 3.8) is 0 Å². The van der Waals surface area contributed by atoms with Crippen LogP contribution >= 0.6 is 0 Å². The summed E-state index contributed by atoms with van der Waals surface area (Å²) in [5, 5.41) is 10.2. The van der Waals surface area contributed by atoms with Crippen LogP contribution < -0.4 is 4.74 Å². The molecule has 0 aliphatic heterocycles. The number of benzene rings is 1. The molecule has 1 N–H and O–H groups in total. The van der Waals surface area contributed by atoms with E-state index in [-0.39, 0.29) is 23.5 Å². The van der Waals surface area contributed by atoms with Crippen LogP contribution in [0.5, 0.6) is 5.75 Å². The fraction of sp³-hybridized carbons (Fsp3) is 0.636. The quantitative estimate of drug-likeness (QED) is 0.589. The molecule has 0 fully saturated rings. The van der Waals surface area contributed by atoms with Crippen molar-refractivity contribution in [2.45, 2.75) is 66.3 Å². The van der Waals surface area contributed by atoms with Gasteiger partial charge in [0.2, 0.25) is 0 Å². The van der Waals surface area contributed by atoms with Crippen LogP contribution in [0.4, 0.5) is 0 Å². The summed E-state index contributed by atoms with van der Waals surface area (Å²) >= 11 is 0. The van der Waals surface area contributed by atoms with E-state index in [1.165, 1.54) is 0 Å². The molecule has 4 atom stereocenters. The Kier molecular flexibility index (Phi) is 8.67. The number of aliphatic hydroxyl groups excluding tert-OH is 1. The van der Waals surface area contributed by atoms with E-state index in [0.717, 1.165) is 24.2 Å². The average molecular weight is 349 g/mol. The number of rotatable bonds is 10. The Morgan fingerprint density at radius 2 is 1.72 bits per heavy atom. The summed E-state index contributed by atoms with van der Waals surface area (Å²) < 4.78 is 11.5. The average Bonchev–Trinajstić information content (AvgIpc) is 2.57. The van der Waals surface area contributed by atoms with E-state index in [9.17, 15) is 5.11 Å². The highest BCUT2D eigenvalue weighted by molar-refractivity contribution is 5.26. The van der Waals surface area contributed by atoms with E-state index in [2.05, 4.69) is 34.3 Å². The fourth-order valence-electron chi connectivity index (χ4n) is 2.84. The van der Waals surface area contributed by atoms with Gasteiger partial charge in [0.05, 0.1) is 25.9 Å². The van der Waals surface area contributed by atoms with Crippen LogP contribution in [0.15, 0.2) is 36.9 Å².